The molecular weight excluding hydrogens is 278 g/mol. The van der Waals surface area contributed by atoms with E-state index in [9.17, 15) is 4.79 Å². The smallest absolute Gasteiger partial charge is 0.276 e. The first-order chi connectivity index (χ1) is 10.8. The zero-order valence-electron chi connectivity index (χ0n) is 11.9. The molecule has 22 heavy (non-hydrogen) atoms. The van der Waals surface area contributed by atoms with Crippen molar-refractivity contribution in [3.8, 4) is 5.69 Å². The van der Waals surface area contributed by atoms with Gasteiger partial charge in [0.2, 0.25) is 0 Å². The van der Waals surface area contributed by atoms with Crippen LogP contribution >= 0.6 is 0 Å². The highest BCUT2D eigenvalue weighted by Gasteiger charge is 2.26. The topological polar surface area (TPSA) is 75.6 Å². The molecule has 0 atom stereocenters. The molecule has 0 saturated heterocycles. The lowest BCUT2D eigenvalue weighted by Gasteiger charge is -2.04. The highest BCUT2D eigenvalue weighted by Crippen LogP contribution is 2.28. The Morgan fingerprint density at radius 3 is 2.86 bits per heavy atom. The number of fused-ring (bicyclic) bond motifs is 1. The van der Waals surface area contributed by atoms with Gasteiger partial charge in [0.15, 0.2) is 5.69 Å². The van der Waals surface area contributed by atoms with Gasteiger partial charge in [-0.2, -0.15) is 10.2 Å². The molecule has 0 radical (unpaired) electrons. The van der Waals surface area contributed by atoms with Crippen LogP contribution in [-0.2, 0) is 12.8 Å². The molecule has 6 nitrogen and oxygen atoms in total. The van der Waals surface area contributed by atoms with Crippen molar-refractivity contribution >= 4 is 11.6 Å². The number of nitrogens with one attached hydrogen (secondary N) is 2. The average molecular weight is 293 g/mol. The van der Waals surface area contributed by atoms with E-state index in [4.69, 9.17) is 0 Å². The Labute approximate surface area is 127 Å². The number of H-pyrrole nitrogens is 1. The lowest BCUT2D eigenvalue weighted by Crippen LogP contribution is -2.14. The molecule has 1 aliphatic carbocycles. The van der Waals surface area contributed by atoms with Gasteiger partial charge in [0.05, 0.1) is 17.6 Å². The number of rotatable bonds is 3. The molecular formula is C16H15N5O. The van der Waals surface area contributed by atoms with Gasteiger partial charge in [-0.1, -0.05) is 18.2 Å². The minimum Gasteiger partial charge on any atom is -0.318 e. The van der Waals surface area contributed by atoms with Crippen molar-refractivity contribution in [3.05, 3.63) is 59.7 Å². The van der Waals surface area contributed by atoms with Gasteiger partial charge >= 0.3 is 0 Å². The number of amides is 1. The largest absolute Gasteiger partial charge is 0.318 e. The van der Waals surface area contributed by atoms with Crippen LogP contribution in [0.15, 0.2) is 42.7 Å². The van der Waals surface area contributed by atoms with Crippen LogP contribution in [0.2, 0.25) is 0 Å². The van der Waals surface area contributed by atoms with Crippen LogP contribution in [0.1, 0.15) is 28.2 Å². The molecule has 1 amide bonds. The standard InChI is InChI=1S/C16H15N5O/c22-16(19-11-9-17-18-10-11)15-13-7-4-8-14(13)21(20-15)12-5-2-1-3-6-12/h1-3,5-6,9-10H,4,7-8H2,(H,17,18)(H,19,22). The summed E-state index contributed by atoms with van der Waals surface area (Å²) in [5.74, 6) is -0.186. The average Bonchev–Trinajstić information content (AvgIpc) is 3.25. The molecule has 0 saturated carbocycles. The van der Waals surface area contributed by atoms with E-state index in [2.05, 4.69) is 20.6 Å². The van der Waals surface area contributed by atoms with Crippen molar-refractivity contribution in [2.45, 2.75) is 19.3 Å². The summed E-state index contributed by atoms with van der Waals surface area (Å²) in [7, 11) is 0. The number of carbonyl (C=O) groups is 1. The summed E-state index contributed by atoms with van der Waals surface area (Å²) in [5, 5.41) is 13.9. The number of hydrogen-bond acceptors (Lipinski definition) is 3. The van der Waals surface area contributed by atoms with Gasteiger partial charge in [-0.15, -0.1) is 0 Å². The summed E-state index contributed by atoms with van der Waals surface area (Å²) in [4.78, 5) is 12.5. The Kier molecular flexibility index (Phi) is 3.00. The second-order valence-electron chi connectivity index (χ2n) is 5.32. The van der Waals surface area contributed by atoms with Crippen LogP contribution < -0.4 is 5.32 Å². The van der Waals surface area contributed by atoms with E-state index in [0.29, 0.717) is 11.4 Å². The maximum absolute atomic E-state index is 12.5. The third kappa shape index (κ3) is 2.09. The minimum atomic E-state index is -0.186. The Morgan fingerprint density at radius 1 is 1.23 bits per heavy atom. The van der Waals surface area contributed by atoms with E-state index in [1.54, 1.807) is 12.4 Å². The summed E-state index contributed by atoms with van der Waals surface area (Å²) in [6.07, 6.45) is 6.14. The normalized spacial score (nSPS) is 13.1. The van der Waals surface area contributed by atoms with Crippen molar-refractivity contribution in [1.82, 2.24) is 20.0 Å². The third-order valence-corrected chi connectivity index (χ3v) is 3.90. The van der Waals surface area contributed by atoms with Crippen molar-refractivity contribution in [1.29, 1.82) is 0 Å². The zero-order chi connectivity index (χ0) is 14.9. The number of para-hydroxylation sites is 1. The highest BCUT2D eigenvalue weighted by atomic mass is 16.2. The van der Waals surface area contributed by atoms with E-state index in [1.807, 2.05) is 35.0 Å². The molecule has 110 valence electrons. The summed E-state index contributed by atoms with van der Waals surface area (Å²) in [6, 6.07) is 9.93. The number of carbonyl (C=O) groups excluding carboxylic acids is 1. The van der Waals surface area contributed by atoms with E-state index >= 15 is 0 Å². The number of nitrogens with zero attached hydrogens (tertiary/aromatic N) is 3. The van der Waals surface area contributed by atoms with Gasteiger partial charge in [0, 0.05) is 17.5 Å². The van der Waals surface area contributed by atoms with Gasteiger partial charge in [0.1, 0.15) is 0 Å². The molecule has 3 aromatic rings. The first kappa shape index (κ1) is 12.8. The zero-order valence-corrected chi connectivity index (χ0v) is 11.9. The van der Waals surface area contributed by atoms with Crippen LogP contribution in [0.5, 0.6) is 0 Å². The summed E-state index contributed by atoms with van der Waals surface area (Å²) in [5.41, 5.74) is 4.35. The predicted octanol–water partition coefficient (Wildman–Crippen LogP) is 2.34. The quantitative estimate of drug-likeness (QED) is 0.778. The van der Waals surface area contributed by atoms with Crippen LogP contribution in [0, 0.1) is 0 Å². The second kappa shape index (κ2) is 5.14. The van der Waals surface area contributed by atoms with Crippen molar-refractivity contribution in [3.63, 3.8) is 0 Å². The monoisotopic (exact) mass is 293 g/mol. The van der Waals surface area contributed by atoms with E-state index < -0.39 is 0 Å². The molecule has 1 aromatic carbocycles. The lowest BCUT2D eigenvalue weighted by atomic mass is 10.2. The Hall–Kier alpha value is -2.89. The van der Waals surface area contributed by atoms with Crippen molar-refractivity contribution in [2.24, 2.45) is 0 Å². The van der Waals surface area contributed by atoms with Crippen LogP contribution in [-0.4, -0.2) is 25.9 Å². The van der Waals surface area contributed by atoms with E-state index in [0.717, 1.165) is 36.2 Å². The second-order valence-corrected chi connectivity index (χ2v) is 5.32. The molecule has 0 fully saturated rings. The maximum atomic E-state index is 12.5. The molecule has 2 N–H and O–H groups in total. The summed E-state index contributed by atoms with van der Waals surface area (Å²) >= 11 is 0. The molecule has 1 aliphatic rings. The number of aromatic amines is 1. The molecule has 0 bridgehead atoms. The molecule has 4 rings (SSSR count). The van der Waals surface area contributed by atoms with Gasteiger partial charge in [-0.25, -0.2) is 4.68 Å². The van der Waals surface area contributed by atoms with Gasteiger partial charge in [-0.05, 0) is 31.4 Å². The fourth-order valence-electron chi connectivity index (χ4n) is 2.91. The number of aromatic nitrogens is 4. The Bertz CT molecular complexity index is 805. The summed E-state index contributed by atoms with van der Waals surface area (Å²) in [6.45, 7) is 0. The molecule has 2 heterocycles. The molecule has 0 unspecified atom stereocenters. The third-order valence-electron chi connectivity index (χ3n) is 3.90. The lowest BCUT2D eigenvalue weighted by molar-refractivity contribution is 0.102. The fourth-order valence-corrected chi connectivity index (χ4v) is 2.91. The number of benzene rings is 1. The number of hydrogen-bond donors (Lipinski definition) is 2. The molecule has 2 aromatic heterocycles. The molecule has 0 aliphatic heterocycles. The van der Waals surface area contributed by atoms with Crippen LogP contribution in [0.25, 0.3) is 5.69 Å². The first-order valence-electron chi connectivity index (χ1n) is 7.29. The van der Waals surface area contributed by atoms with Gasteiger partial charge in [-0.3, -0.25) is 9.89 Å². The van der Waals surface area contributed by atoms with Gasteiger partial charge in [0.25, 0.3) is 5.91 Å². The number of anilines is 1. The molecule has 0 spiro atoms. The highest BCUT2D eigenvalue weighted by molar-refractivity contribution is 6.04. The fraction of sp³-hybridized carbons (Fsp3) is 0.188. The Morgan fingerprint density at radius 2 is 2.09 bits per heavy atom. The van der Waals surface area contributed by atoms with Crippen LogP contribution in [0.4, 0.5) is 5.69 Å². The first-order valence-corrected chi connectivity index (χ1v) is 7.29. The van der Waals surface area contributed by atoms with E-state index in [1.165, 1.54) is 0 Å². The van der Waals surface area contributed by atoms with Gasteiger partial charge < -0.3 is 5.32 Å². The van der Waals surface area contributed by atoms with Crippen molar-refractivity contribution < 1.29 is 4.79 Å². The Balaban J connectivity index is 1.73. The molecule has 6 heteroatoms. The van der Waals surface area contributed by atoms with Crippen molar-refractivity contribution in [2.75, 3.05) is 5.32 Å². The maximum Gasteiger partial charge on any atom is 0.276 e. The predicted molar refractivity (Wildman–Crippen MR) is 82.1 cm³/mol. The van der Waals surface area contributed by atoms with Crippen LogP contribution in [0.3, 0.4) is 0 Å². The SMILES string of the molecule is O=C(Nc1cn[nH]c1)c1nn(-c2ccccc2)c2c1CCC2. The minimum absolute atomic E-state index is 0.186. The van der Waals surface area contributed by atoms with E-state index in [-0.39, 0.29) is 5.91 Å². The summed E-state index contributed by atoms with van der Waals surface area (Å²) < 4.78 is 1.90.